The van der Waals surface area contributed by atoms with E-state index in [1.807, 2.05) is 11.4 Å². The number of halogens is 4. The minimum atomic E-state index is -0.477. The zero-order valence-electron chi connectivity index (χ0n) is 19.1. The first-order valence-corrected chi connectivity index (χ1v) is 12.5. The molecule has 4 aromatic rings. The predicted octanol–water partition coefficient (Wildman–Crippen LogP) is 7.77. The summed E-state index contributed by atoms with van der Waals surface area (Å²) < 4.78 is 38.8. The monoisotopic (exact) mass is 545 g/mol. The van der Waals surface area contributed by atoms with E-state index >= 15 is 0 Å². The van der Waals surface area contributed by atoms with E-state index in [4.69, 9.17) is 42.8 Å². The molecule has 0 N–H and O–H groups in total. The molecule has 10 heteroatoms. The van der Waals surface area contributed by atoms with Crippen molar-refractivity contribution in [3.8, 4) is 22.8 Å². The Balaban J connectivity index is 1.55. The number of hydrazone groups is 1. The van der Waals surface area contributed by atoms with Crippen LogP contribution in [-0.2, 0) is 0 Å². The van der Waals surface area contributed by atoms with Crippen LogP contribution in [0.15, 0.2) is 65.1 Å². The average molecular weight is 546 g/mol. The molecule has 5 nitrogen and oxygen atoms in total. The van der Waals surface area contributed by atoms with Crippen molar-refractivity contribution in [2.75, 3.05) is 19.2 Å². The normalized spacial score (nSPS) is 15.2. The summed E-state index contributed by atoms with van der Waals surface area (Å²) in [4.78, 5) is 4.72. The van der Waals surface area contributed by atoms with Crippen molar-refractivity contribution in [2.45, 2.75) is 12.5 Å². The molecule has 0 amide bonds. The molecule has 0 saturated carbocycles. The van der Waals surface area contributed by atoms with E-state index in [0.717, 1.165) is 5.56 Å². The van der Waals surface area contributed by atoms with Crippen LogP contribution in [0.2, 0.25) is 10.0 Å². The highest BCUT2D eigenvalue weighted by atomic mass is 35.5. The van der Waals surface area contributed by atoms with E-state index in [9.17, 15) is 8.78 Å². The van der Waals surface area contributed by atoms with Crippen molar-refractivity contribution in [2.24, 2.45) is 5.10 Å². The third-order valence-electron chi connectivity index (χ3n) is 5.85. The lowest BCUT2D eigenvalue weighted by molar-refractivity contribution is 0.386. The molecular weight excluding hydrogens is 527 g/mol. The first-order chi connectivity index (χ1) is 17.4. The average Bonchev–Trinajstić information content (AvgIpc) is 3.52. The standard InChI is InChI=1S/C26H19Cl2F2N3O2S/c1-34-24-7-3-14(9-19(24)29)21-12-23(17-6-5-16(27)11-18(17)28)33(32-21)26-31-22(13-36-26)15-4-8-25(35-2)20(30)10-15/h3-11,13,23H,12H2,1-2H3/t23-/m0/s1. The molecule has 1 atom stereocenters. The Labute approximate surface area is 220 Å². The Hall–Kier alpha value is -3.20. The van der Waals surface area contributed by atoms with E-state index in [1.165, 1.54) is 37.7 Å². The number of rotatable bonds is 6. The SMILES string of the molecule is COc1ccc(C2=NN(c3nc(-c4ccc(OC)c(F)c4)cs3)[C@H](c3ccc(Cl)cc3Cl)C2)cc1F. The van der Waals surface area contributed by atoms with E-state index in [1.54, 1.807) is 41.4 Å². The highest BCUT2D eigenvalue weighted by Crippen LogP contribution is 2.42. The van der Waals surface area contributed by atoms with Crippen LogP contribution in [0.25, 0.3) is 11.3 Å². The lowest BCUT2D eigenvalue weighted by atomic mass is 9.98. The number of methoxy groups -OCH3 is 2. The summed E-state index contributed by atoms with van der Waals surface area (Å²) in [5.41, 5.74) is 3.30. The molecule has 5 rings (SSSR count). The van der Waals surface area contributed by atoms with Crippen molar-refractivity contribution in [3.63, 3.8) is 0 Å². The Morgan fingerprint density at radius 3 is 2.22 bits per heavy atom. The Kier molecular flexibility index (Phi) is 6.83. The highest BCUT2D eigenvalue weighted by Gasteiger charge is 2.33. The summed E-state index contributed by atoms with van der Waals surface area (Å²) in [6.07, 6.45) is 0.458. The number of ether oxygens (including phenoxy) is 2. The molecule has 36 heavy (non-hydrogen) atoms. The Bertz CT molecular complexity index is 1480. The summed E-state index contributed by atoms with van der Waals surface area (Å²) in [5.74, 6) is -0.636. The molecule has 0 saturated heterocycles. The van der Waals surface area contributed by atoms with E-state index in [2.05, 4.69) is 0 Å². The lowest BCUT2D eigenvalue weighted by Crippen LogP contribution is -2.18. The molecule has 2 heterocycles. The topological polar surface area (TPSA) is 47.0 Å². The second kappa shape index (κ2) is 10.0. The summed E-state index contributed by atoms with van der Waals surface area (Å²) in [6, 6.07) is 14.4. The second-order valence-corrected chi connectivity index (χ2v) is 9.67. The van der Waals surface area contributed by atoms with E-state index in [-0.39, 0.29) is 17.5 Å². The van der Waals surface area contributed by atoms with Gasteiger partial charge in [0.2, 0.25) is 5.13 Å². The smallest absolute Gasteiger partial charge is 0.207 e. The van der Waals surface area contributed by atoms with Gasteiger partial charge in [-0.05, 0) is 54.1 Å². The number of nitrogens with zero attached hydrogens (tertiary/aromatic N) is 3. The first kappa shape index (κ1) is 24.5. The van der Waals surface area contributed by atoms with Gasteiger partial charge in [0.25, 0.3) is 0 Å². The van der Waals surface area contributed by atoms with Gasteiger partial charge in [-0.1, -0.05) is 29.3 Å². The molecule has 3 aromatic carbocycles. The van der Waals surface area contributed by atoms with Gasteiger partial charge in [-0.2, -0.15) is 5.10 Å². The molecule has 0 radical (unpaired) electrons. The summed E-state index contributed by atoms with van der Waals surface area (Å²) >= 11 is 14.0. The van der Waals surface area contributed by atoms with Crippen LogP contribution in [0, 0.1) is 11.6 Å². The number of anilines is 1. The van der Waals surface area contributed by atoms with Crippen LogP contribution in [0.3, 0.4) is 0 Å². The first-order valence-electron chi connectivity index (χ1n) is 10.8. The van der Waals surface area contributed by atoms with E-state index in [0.29, 0.717) is 44.1 Å². The maximum absolute atomic E-state index is 14.5. The van der Waals surface area contributed by atoms with Crippen molar-refractivity contribution in [1.29, 1.82) is 0 Å². The quantitative estimate of drug-likeness (QED) is 0.248. The van der Waals surface area contributed by atoms with Gasteiger partial charge in [0.05, 0.1) is 31.7 Å². The molecule has 0 unspecified atom stereocenters. The van der Waals surface area contributed by atoms with Crippen LogP contribution in [0.1, 0.15) is 23.6 Å². The van der Waals surface area contributed by atoms with Crippen LogP contribution >= 0.6 is 34.5 Å². The zero-order chi connectivity index (χ0) is 25.4. The maximum Gasteiger partial charge on any atom is 0.207 e. The van der Waals surface area contributed by atoms with Gasteiger partial charge in [-0.3, -0.25) is 0 Å². The fourth-order valence-electron chi connectivity index (χ4n) is 4.05. The fraction of sp³-hybridized carbons (Fsp3) is 0.154. The molecule has 1 aliphatic rings. The van der Waals surface area contributed by atoms with Crippen LogP contribution < -0.4 is 14.5 Å². The zero-order valence-corrected chi connectivity index (χ0v) is 21.5. The van der Waals surface area contributed by atoms with Crippen molar-refractivity contribution in [3.05, 3.63) is 92.8 Å². The Morgan fingerprint density at radius 2 is 1.58 bits per heavy atom. The molecule has 1 aliphatic heterocycles. The lowest BCUT2D eigenvalue weighted by Gasteiger charge is -2.22. The minimum absolute atomic E-state index is 0.155. The van der Waals surface area contributed by atoms with Gasteiger partial charge in [-0.25, -0.2) is 18.8 Å². The largest absolute Gasteiger partial charge is 0.494 e. The fourth-order valence-corrected chi connectivity index (χ4v) is 5.42. The van der Waals surface area contributed by atoms with Gasteiger partial charge in [0.1, 0.15) is 0 Å². The third kappa shape index (κ3) is 4.64. The molecule has 0 spiro atoms. The highest BCUT2D eigenvalue weighted by molar-refractivity contribution is 7.14. The minimum Gasteiger partial charge on any atom is -0.494 e. The van der Waals surface area contributed by atoms with Crippen LogP contribution in [-0.4, -0.2) is 24.9 Å². The van der Waals surface area contributed by atoms with E-state index < -0.39 is 11.6 Å². The molecule has 184 valence electrons. The molecule has 0 fully saturated rings. The Morgan fingerprint density at radius 1 is 0.917 bits per heavy atom. The summed E-state index contributed by atoms with van der Waals surface area (Å²) in [5, 5.41) is 9.99. The van der Waals surface area contributed by atoms with Crippen molar-refractivity contribution < 1.29 is 18.3 Å². The van der Waals surface area contributed by atoms with Crippen molar-refractivity contribution >= 4 is 45.4 Å². The van der Waals surface area contributed by atoms with Gasteiger partial charge >= 0.3 is 0 Å². The van der Waals surface area contributed by atoms with Gasteiger partial charge in [0, 0.05) is 33.0 Å². The van der Waals surface area contributed by atoms with Crippen LogP contribution in [0.4, 0.5) is 13.9 Å². The maximum atomic E-state index is 14.5. The van der Waals surface area contributed by atoms with Crippen molar-refractivity contribution in [1.82, 2.24) is 4.98 Å². The summed E-state index contributed by atoms with van der Waals surface area (Å²) in [6.45, 7) is 0. The molecule has 1 aromatic heterocycles. The number of benzene rings is 3. The van der Waals surface area contributed by atoms with Gasteiger partial charge in [-0.15, -0.1) is 11.3 Å². The molecular formula is C26H19Cl2F2N3O2S. The molecule has 0 bridgehead atoms. The number of hydrogen-bond acceptors (Lipinski definition) is 6. The van der Waals surface area contributed by atoms with Gasteiger partial charge < -0.3 is 9.47 Å². The molecule has 0 aliphatic carbocycles. The van der Waals surface area contributed by atoms with Crippen LogP contribution in [0.5, 0.6) is 11.5 Å². The summed E-state index contributed by atoms with van der Waals surface area (Å²) in [7, 11) is 2.83. The number of aromatic nitrogens is 1. The number of thiazole rings is 1. The second-order valence-electron chi connectivity index (χ2n) is 7.99. The number of hydrogen-bond donors (Lipinski definition) is 0. The third-order valence-corrected chi connectivity index (χ3v) is 7.25. The predicted molar refractivity (Wildman–Crippen MR) is 140 cm³/mol. The van der Waals surface area contributed by atoms with Gasteiger partial charge in [0.15, 0.2) is 23.1 Å².